The van der Waals surface area contributed by atoms with E-state index in [1.807, 2.05) is 0 Å². The summed E-state index contributed by atoms with van der Waals surface area (Å²) in [6.07, 6.45) is 5.85. The fraction of sp³-hybridized carbons (Fsp3) is 0.800. The van der Waals surface area contributed by atoms with Crippen molar-refractivity contribution in [3.05, 3.63) is 13.5 Å². The van der Waals surface area contributed by atoms with Gasteiger partial charge in [-0.05, 0) is 19.3 Å². The second-order valence-corrected chi connectivity index (χ2v) is 2.91. The van der Waals surface area contributed by atoms with Gasteiger partial charge in [0.25, 0.3) is 0 Å². The van der Waals surface area contributed by atoms with Crippen LogP contribution in [0.1, 0.15) is 46.0 Å². The van der Waals surface area contributed by atoms with Crippen molar-refractivity contribution >= 4 is 0 Å². The highest BCUT2D eigenvalue weighted by Gasteiger charge is 2.01. The molecule has 0 saturated heterocycles. The van der Waals surface area contributed by atoms with Crippen LogP contribution in [0, 0.1) is 13.5 Å². The molecule has 0 aliphatic rings. The van der Waals surface area contributed by atoms with Gasteiger partial charge in [-0.3, -0.25) is 0 Å². The Hall–Kier alpha value is -0.0400. The van der Waals surface area contributed by atoms with Gasteiger partial charge in [0.1, 0.15) is 0 Å². The third-order valence-corrected chi connectivity index (χ3v) is 1.83. The average Bonchev–Trinajstić information content (AvgIpc) is 2.03. The molecule has 0 bridgehead atoms. The van der Waals surface area contributed by atoms with Crippen LogP contribution in [-0.4, -0.2) is 6.04 Å². The molecule has 0 aromatic heterocycles. The summed E-state index contributed by atoms with van der Waals surface area (Å²) >= 11 is 0. The molecule has 0 heterocycles. The minimum Gasteiger partial charge on any atom is -0.310 e. The highest BCUT2D eigenvalue weighted by atomic mass is 14.9. The van der Waals surface area contributed by atoms with Gasteiger partial charge in [-0.2, -0.15) is 0 Å². The predicted octanol–water partition coefficient (Wildman–Crippen LogP) is 2.93. The highest BCUT2D eigenvalue weighted by Crippen LogP contribution is 2.02. The molecule has 0 aromatic carbocycles. The first-order valence-electron chi connectivity index (χ1n) is 4.72. The summed E-state index contributed by atoms with van der Waals surface area (Å²) in [6, 6.07) is 0.687. The number of unbranched alkanes of at least 4 members (excludes halogenated alkanes) is 1. The molecule has 1 atom stereocenters. The molecular weight excluding hydrogens is 134 g/mol. The molecule has 1 unspecified atom stereocenters. The lowest BCUT2D eigenvalue weighted by atomic mass is 10.1. The van der Waals surface area contributed by atoms with E-state index in [-0.39, 0.29) is 0 Å². The molecule has 66 valence electrons. The zero-order valence-electron chi connectivity index (χ0n) is 7.90. The molecule has 0 rings (SSSR count). The molecule has 0 aliphatic carbocycles. The molecule has 0 amide bonds. The molecule has 1 heteroatoms. The van der Waals surface area contributed by atoms with Crippen LogP contribution < -0.4 is 5.32 Å². The Morgan fingerprint density at radius 3 is 2.64 bits per heavy atom. The second-order valence-electron chi connectivity index (χ2n) is 2.91. The van der Waals surface area contributed by atoms with Gasteiger partial charge in [0.05, 0.1) is 0 Å². The van der Waals surface area contributed by atoms with Gasteiger partial charge in [0.2, 0.25) is 0 Å². The first-order valence-corrected chi connectivity index (χ1v) is 4.72. The predicted molar refractivity (Wildman–Crippen MR) is 51.0 cm³/mol. The fourth-order valence-electron chi connectivity index (χ4n) is 1.11. The van der Waals surface area contributed by atoms with Crippen LogP contribution in [0.15, 0.2) is 0 Å². The summed E-state index contributed by atoms with van der Waals surface area (Å²) < 4.78 is 0. The summed E-state index contributed by atoms with van der Waals surface area (Å²) in [5.74, 6) is 0. The smallest absolute Gasteiger partial charge is 0.0223 e. The van der Waals surface area contributed by atoms with E-state index >= 15 is 0 Å². The Morgan fingerprint density at radius 1 is 1.45 bits per heavy atom. The van der Waals surface area contributed by atoms with Gasteiger partial charge in [-0.1, -0.05) is 33.6 Å². The molecule has 0 spiro atoms. The first-order chi connectivity index (χ1) is 5.35. The van der Waals surface area contributed by atoms with Crippen LogP contribution in [-0.2, 0) is 0 Å². The Kier molecular flexibility index (Phi) is 8.03. The standard InChI is InChI=1S/C10H21N/c1-4-7-9-11-10(6-3)8-5-2/h9-11H,1,4-8H2,2-3H3. The van der Waals surface area contributed by atoms with Crippen LogP contribution in [0.2, 0.25) is 0 Å². The largest absolute Gasteiger partial charge is 0.310 e. The van der Waals surface area contributed by atoms with Crippen LogP contribution in [0.25, 0.3) is 0 Å². The minimum absolute atomic E-state index is 0.687. The lowest BCUT2D eigenvalue weighted by molar-refractivity contribution is 0.492. The Bertz CT molecular complexity index is 71.3. The Morgan fingerprint density at radius 2 is 2.18 bits per heavy atom. The summed E-state index contributed by atoms with van der Waals surface area (Å²) in [5.41, 5.74) is 0. The van der Waals surface area contributed by atoms with Crippen molar-refractivity contribution in [2.45, 2.75) is 52.0 Å². The van der Waals surface area contributed by atoms with Gasteiger partial charge < -0.3 is 5.32 Å². The normalized spacial score (nSPS) is 13.4. The van der Waals surface area contributed by atoms with Crippen LogP contribution in [0.3, 0.4) is 0 Å². The third-order valence-electron chi connectivity index (χ3n) is 1.83. The average molecular weight is 155 g/mol. The zero-order chi connectivity index (χ0) is 8.53. The summed E-state index contributed by atoms with van der Waals surface area (Å²) in [6.45, 7) is 10.4. The number of hydrogen-bond acceptors (Lipinski definition) is 1. The lowest BCUT2D eigenvalue weighted by Crippen LogP contribution is -2.25. The number of hydrogen-bond donors (Lipinski definition) is 1. The van der Waals surface area contributed by atoms with Crippen LogP contribution in [0.5, 0.6) is 0 Å². The van der Waals surface area contributed by atoms with E-state index in [1.54, 1.807) is 0 Å². The summed E-state index contributed by atoms with van der Waals surface area (Å²) in [7, 11) is 0. The minimum atomic E-state index is 0.687. The van der Waals surface area contributed by atoms with Gasteiger partial charge >= 0.3 is 0 Å². The van der Waals surface area contributed by atoms with Crippen molar-refractivity contribution in [2.24, 2.45) is 0 Å². The van der Waals surface area contributed by atoms with Crippen molar-refractivity contribution in [1.29, 1.82) is 0 Å². The van der Waals surface area contributed by atoms with Gasteiger partial charge in [-0.25, -0.2) is 0 Å². The molecule has 1 nitrogen and oxygen atoms in total. The molecule has 1 N–H and O–H groups in total. The van der Waals surface area contributed by atoms with Gasteiger partial charge in [0, 0.05) is 12.6 Å². The van der Waals surface area contributed by atoms with E-state index in [4.69, 9.17) is 0 Å². The maximum Gasteiger partial charge on any atom is 0.0223 e. The quantitative estimate of drug-likeness (QED) is 0.557. The maximum absolute atomic E-state index is 3.78. The van der Waals surface area contributed by atoms with E-state index in [0.717, 1.165) is 12.8 Å². The van der Waals surface area contributed by atoms with E-state index in [2.05, 4.69) is 32.6 Å². The molecule has 0 aliphatic heterocycles. The number of nitrogens with one attached hydrogen (secondary N) is 1. The van der Waals surface area contributed by atoms with E-state index < -0.39 is 0 Å². The van der Waals surface area contributed by atoms with E-state index in [9.17, 15) is 0 Å². The zero-order valence-corrected chi connectivity index (χ0v) is 7.90. The first kappa shape index (κ1) is 11.0. The van der Waals surface area contributed by atoms with Crippen molar-refractivity contribution in [3.8, 4) is 0 Å². The highest BCUT2D eigenvalue weighted by molar-refractivity contribution is 4.71. The monoisotopic (exact) mass is 155 g/mol. The lowest BCUT2D eigenvalue weighted by Gasteiger charge is -2.14. The topological polar surface area (TPSA) is 12.0 Å². The van der Waals surface area contributed by atoms with Crippen molar-refractivity contribution in [2.75, 3.05) is 0 Å². The van der Waals surface area contributed by atoms with Crippen LogP contribution >= 0.6 is 0 Å². The number of rotatable bonds is 7. The van der Waals surface area contributed by atoms with Crippen molar-refractivity contribution in [1.82, 2.24) is 5.32 Å². The summed E-state index contributed by atoms with van der Waals surface area (Å²) in [5, 5.41) is 3.41. The molecule has 0 saturated carbocycles. The maximum atomic E-state index is 3.78. The second kappa shape index (κ2) is 8.06. The molecule has 11 heavy (non-hydrogen) atoms. The van der Waals surface area contributed by atoms with Crippen molar-refractivity contribution in [3.63, 3.8) is 0 Å². The van der Waals surface area contributed by atoms with E-state index in [0.29, 0.717) is 6.04 Å². The van der Waals surface area contributed by atoms with Crippen LogP contribution in [0.4, 0.5) is 0 Å². The molecular formula is C10H21N. The van der Waals surface area contributed by atoms with Crippen molar-refractivity contribution < 1.29 is 0 Å². The van der Waals surface area contributed by atoms with Gasteiger partial charge in [0.15, 0.2) is 0 Å². The Balaban J connectivity index is 3.20. The van der Waals surface area contributed by atoms with E-state index in [1.165, 1.54) is 19.3 Å². The molecule has 2 radical (unpaired) electrons. The SMILES string of the molecule is [CH2]CC[CH]NC(CC)CCC. The Labute approximate surface area is 71.6 Å². The third kappa shape index (κ3) is 6.36. The molecule has 0 aromatic rings. The van der Waals surface area contributed by atoms with Gasteiger partial charge in [-0.15, -0.1) is 0 Å². The molecule has 0 fully saturated rings. The summed E-state index contributed by atoms with van der Waals surface area (Å²) in [4.78, 5) is 0. The fourth-order valence-corrected chi connectivity index (χ4v) is 1.11.